The second kappa shape index (κ2) is 4.92. The summed E-state index contributed by atoms with van der Waals surface area (Å²) in [6.45, 7) is 2.16. The van der Waals surface area contributed by atoms with Crippen molar-refractivity contribution in [3.8, 4) is 0 Å². The standard InChI is InChI=1S/C13H18N4O/c18-12(17-6-1-2-7-17)8-14-13-10-4-3-5-11(10)15-9-16-13/h9H,1-8H2,(H,14,15,16). The Morgan fingerprint density at radius 3 is 2.89 bits per heavy atom. The molecule has 2 heterocycles. The van der Waals surface area contributed by atoms with Crippen molar-refractivity contribution >= 4 is 11.7 Å². The Morgan fingerprint density at radius 2 is 2.06 bits per heavy atom. The fourth-order valence-corrected chi connectivity index (χ4v) is 2.75. The summed E-state index contributed by atoms with van der Waals surface area (Å²) in [4.78, 5) is 22.4. The van der Waals surface area contributed by atoms with Crippen LogP contribution < -0.4 is 5.32 Å². The largest absolute Gasteiger partial charge is 0.361 e. The summed E-state index contributed by atoms with van der Waals surface area (Å²) in [6, 6.07) is 0. The first-order valence-electron chi connectivity index (χ1n) is 6.69. The van der Waals surface area contributed by atoms with Crippen LogP contribution in [0.2, 0.25) is 0 Å². The molecule has 0 unspecified atom stereocenters. The molecule has 1 saturated heterocycles. The van der Waals surface area contributed by atoms with Gasteiger partial charge < -0.3 is 10.2 Å². The Morgan fingerprint density at radius 1 is 1.22 bits per heavy atom. The van der Waals surface area contributed by atoms with Crippen molar-refractivity contribution in [2.45, 2.75) is 32.1 Å². The van der Waals surface area contributed by atoms with Gasteiger partial charge in [-0.05, 0) is 32.1 Å². The van der Waals surface area contributed by atoms with E-state index in [9.17, 15) is 4.79 Å². The van der Waals surface area contributed by atoms with E-state index < -0.39 is 0 Å². The lowest BCUT2D eigenvalue weighted by molar-refractivity contribution is -0.128. The summed E-state index contributed by atoms with van der Waals surface area (Å²) in [5.41, 5.74) is 2.34. The lowest BCUT2D eigenvalue weighted by Gasteiger charge is -2.16. The molecular weight excluding hydrogens is 228 g/mol. The highest BCUT2D eigenvalue weighted by atomic mass is 16.2. The third kappa shape index (κ3) is 2.17. The van der Waals surface area contributed by atoms with Gasteiger partial charge in [-0.15, -0.1) is 0 Å². The number of carbonyl (C=O) groups is 1. The van der Waals surface area contributed by atoms with Gasteiger partial charge in [-0.1, -0.05) is 0 Å². The van der Waals surface area contributed by atoms with Gasteiger partial charge in [0, 0.05) is 24.3 Å². The summed E-state index contributed by atoms with van der Waals surface area (Å²) in [6.07, 6.45) is 7.06. The maximum Gasteiger partial charge on any atom is 0.241 e. The quantitative estimate of drug-likeness (QED) is 0.864. The summed E-state index contributed by atoms with van der Waals surface area (Å²) in [5, 5.41) is 3.18. The molecule has 2 aliphatic rings. The van der Waals surface area contributed by atoms with Gasteiger partial charge >= 0.3 is 0 Å². The number of carbonyl (C=O) groups excluding carboxylic acids is 1. The highest BCUT2D eigenvalue weighted by Gasteiger charge is 2.20. The second-order valence-corrected chi connectivity index (χ2v) is 4.94. The van der Waals surface area contributed by atoms with Gasteiger partial charge in [0.15, 0.2) is 0 Å². The van der Waals surface area contributed by atoms with E-state index >= 15 is 0 Å². The molecule has 0 aromatic carbocycles. The van der Waals surface area contributed by atoms with E-state index in [4.69, 9.17) is 0 Å². The molecule has 96 valence electrons. The molecule has 5 heteroatoms. The topological polar surface area (TPSA) is 58.1 Å². The molecule has 0 saturated carbocycles. The monoisotopic (exact) mass is 246 g/mol. The number of rotatable bonds is 3. The number of likely N-dealkylation sites (tertiary alicyclic amines) is 1. The van der Waals surface area contributed by atoms with Gasteiger partial charge in [0.05, 0.1) is 6.54 Å². The molecule has 1 aliphatic heterocycles. The summed E-state index contributed by atoms with van der Waals surface area (Å²) in [5.74, 6) is 1.03. The molecule has 1 N–H and O–H groups in total. The van der Waals surface area contributed by atoms with Crippen LogP contribution in [0.1, 0.15) is 30.5 Å². The minimum Gasteiger partial charge on any atom is -0.361 e. The zero-order chi connectivity index (χ0) is 12.4. The van der Waals surface area contributed by atoms with E-state index in [-0.39, 0.29) is 5.91 Å². The summed E-state index contributed by atoms with van der Waals surface area (Å²) < 4.78 is 0. The van der Waals surface area contributed by atoms with Gasteiger partial charge in [-0.25, -0.2) is 9.97 Å². The normalized spacial score (nSPS) is 17.9. The van der Waals surface area contributed by atoms with Crippen molar-refractivity contribution in [2.75, 3.05) is 25.0 Å². The molecule has 0 spiro atoms. The number of amides is 1. The predicted octanol–water partition coefficient (Wildman–Crippen LogP) is 1.000. The third-order valence-corrected chi connectivity index (χ3v) is 3.74. The van der Waals surface area contributed by atoms with Crippen LogP contribution in [0.3, 0.4) is 0 Å². The van der Waals surface area contributed by atoms with E-state index in [1.54, 1.807) is 6.33 Å². The first kappa shape index (κ1) is 11.4. The van der Waals surface area contributed by atoms with E-state index in [0.29, 0.717) is 6.54 Å². The number of nitrogens with zero attached hydrogens (tertiary/aromatic N) is 3. The maximum atomic E-state index is 11.9. The minimum atomic E-state index is 0.179. The third-order valence-electron chi connectivity index (χ3n) is 3.74. The lowest BCUT2D eigenvalue weighted by Crippen LogP contribution is -2.33. The first-order chi connectivity index (χ1) is 8.84. The molecule has 18 heavy (non-hydrogen) atoms. The van der Waals surface area contributed by atoms with E-state index in [0.717, 1.165) is 56.7 Å². The Kier molecular flexibility index (Phi) is 3.13. The average Bonchev–Trinajstić information content (AvgIpc) is 3.05. The maximum absolute atomic E-state index is 11.9. The average molecular weight is 246 g/mol. The van der Waals surface area contributed by atoms with Crippen molar-refractivity contribution in [1.29, 1.82) is 0 Å². The highest BCUT2D eigenvalue weighted by Crippen LogP contribution is 2.24. The molecular formula is C13H18N4O. The summed E-state index contributed by atoms with van der Waals surface area (Å²) >= 11 is 0. The molecule has 0 radical (unpaired) electrons. The molecule has 5 nitrogen and oxygen atoms in total. The Balaban J connectivity index is 1.63. The van der Waals surface area contributed by atoms with Crippen LogP contribution in [0, 0.1) is 0 Å². The first-order valence-corrected chi connectivity index (χ1v) is 6.69. The van der Waals surface area contributed by atoms with Crippen molar-refractivity contribution < 1.29 is 4.79 Å². The van der Waals surface area contributed by atoms with Crippen molar-refractivity contribution in [1.82, 2.24) is 14.9 Å². The van der Waals surface area contributed by atoms with Crippen LogP contribution in [0.4, 0.5) is 5.82 Å². The number of fused-ring (bicyclic) bond motifs is 1. The molecule has 1 aliphatic carbocycles. The fraction of sp³-hybridized carbons (Fsp3) is 0.615. The van der Waals surface area contributed by atoms with Gasteiger partial charge in [-0.3, -0.25) is 4.79 Å². The molecule has 1 aromatic heterocycles. The number of aryl methyl sites for hydroxylation is 1. The lowest BCUT2D eigenvalue weighted by atomic mass is 10.2. The van der Waals surface area contributed by atoms with Crippen LogP contribution in [0.5, 0.6) is 0 Å². The number of nitrogens with one attached hydrogen (secondary N) is 1. The van der Waals surface area contributed by atoms with E-state index in [1.807, 2.05) is 4.90 Å². The fourth-order valence-electron chi connectivity index (χ4n) is 2.75. The molecule has 1 fully saturated rings. The smallest absolute Gasteiger partial charge is 0.241 e. The SMILES string of the molecule is O=C(CNc1ncnc2c1CCC2)N1CCCC1. The molecule has 1 aromatic rings. The number of aromatic nitrogens is 2. The van der Waals surface area contributed by atoms with Crippen molar-refractivity contribution in [3.63, 3.8) is 0 Å². The molecule has 3 rings (SSSR count). The zero-order valence-electron chi connectivity index (χ0n) is 10.5. The Hall–Kier alpha value is -1.65. The van der Waals surface area contributed by atoms with Gasteiger partial charge in [0.25, 0.3) is 0 Å². The van der Waals surface area contributed by atoms with Crippen LogP contribution >= 0.6 is 0 Å². The van der Waals surface area contributed by atoms with E-state index in [2.05, 4.69) is 15.3 Å². The molecule has 1 amide bonds. The van der Waals surface area contributed by atoms with Gasteiger partial charge in [-0.2, -0.15) is 0 Å². The van der Waals surface area contributed by atoms with Gasteiger partial charge in [0.2, 0.25) is 5.91 Å². The van der Waals surface area contributed by atoms with Gasteiger partial charge in [0.1, 0.15) is 12.1 Å². The molecule has 0 atom stereocenters. The number of hydrogen-bond donors (Lipinski definition) is 1. The van der Waals surface area contributed by atoms with E-state index in [1.165, 1.54) is 5.56 Å². The number of anilines is 1. The Bertz CT molecular complexity index is 454. The zero-order valence-corrected chi connectivity index (χ0v) is 10.5. The van der Waals surface area contributed by atoms with Crippen LogP contribution in [-0.2, 0) is 17.6 Å². The second-order valence-electron chi connectivity index (χ2n) is 4.94. The number of hydrogen-bond acceptors (Lipinski definition) is 4. The molecule has 0 bridgehead atoms. The highest BCUT2D eigenvalue weighted by molar-refractivity contribution is 5.81. The predicted molar refractivity (Wildman–Crippen MR) is 68.4 cm³/mol. The Labute approximate surface area is 107 Å². The van der Waals surface area contributed by atoms with Crippen molar-refractivity contribution in [2.24, 2.45) is 0 Å². The summed E-state index contributed by atoms with van der Waals surface area (Å²) in [7, 11) is 0. The minimum absolute atomic E-state index is 0.179. The van der Waals surface area contributed by atoms with Crippen LogP contribution in [0.25, 0.3) is 0 Å². The van der Waals surface area contributed by atoms with Crippen LogP contribution in [-0.4, -0.2) is 40.4 Å². The van der Waals surface area contributed by atoms with Crippen molar-refractivity contribution in [3.05, 3.63) is 17.6 Å². The van der Waals surface area contributed by atoms with Crippen LogP contribution in [0.15, 0.2) is 6.33 Å².